The molecular weight excluding hydrogens is 364 g/mol. The lowest BCUT2D eigenvalue weighted by atomic mass is 9.93. The van der Waals surface area contributed by atoms with Crippen molar-refractivity contribution < 1.29 is 14.4 Å². The van der Waals surface area contributed by atoms with E-state index < -0.39 is 5.78 Å². The standard InChI is InChI=1S/C24H26N2O3/c1-3-17(13-18-7-5-4-6-8-18)11-12-26(2)24(29)19-9-10-22-20(14-19)21(15-25-22)23(28)16-27/h4-10,14-17,25H,3,11-13H2,1-2H3. The van der Waals surface area contributed by atoms with Crippen LogP contribution >= 0.6 is 0 Å². The van der Waals surface area contributed by atoms with Gasteiger partial charge in [-0.1, -0.05) is 43.7 Å². The summed E-state index contributed by atoms with van der Waals surface area (Å²) in [5.74, 6) is -0.176. The van der Waals surface area contributed by atoms with E-state index in [1.54, 1.807) is 30.1 Å². The highest BCUT2D eigenvalue weighted by Crippen LogP contribution is 2.22. The molecular formula is C24H26N2O3. The summed E-state index contributed by atoms with van der Waals surface area (Å²) in [4.78, 5) is 40.2. The molecule has 1 aromatic heterocycles. The second-order valence-electron chi connectivity index (χ2n) is 7.42. The highest BCUT2D eigenvalue weighted by Gasteiger charge is 2.17. The van der Waals surface area contributed by atoms with Crippen LogP contribution in [0, 0.1) is 5.92 Å². The van der Waals surface area contributed by atoms with Crippen LogP contribution in [0.3, 0.4) is 0 Å². The molecule has 1 atom stereocenters. The summed E-state index contributed by atoms with van der Waals surface area (Å²) in [5, 5.41) is 0.594. The van der Waals surface area contributed by atoms with E-state index >= 15 is 0 Å². The van der Waals surface area contributed by atoms with Crippen LogP contribution in [0.1, 0.15) is 46.0 Å². The molecule has 0 aliphatic rings. The average Bonchev–Trinajstić information content (AvgIpc) is 3.19. The number of benzene rings is 2. The van der Waals surface area contributed by atoms with Crippen molar-refractivity contribution in [2.24, 2.45) is 5.92 Å². The number of amides is 1. The summed E-state index contributed by atoms with van der Waals surface area (Å²) < 4.78 is 0. The van der Waals surface area contributed by atoms with Crippen molar-refractivity contribution >= 4 is 28.9 Å². The number of hydrogen-bond acceptors (Lipinski definition) is 3. The van der Waals surface area contributed by atoms with Crippen molar-refractivity contribution in [1.29, 1.82) is 0 Å². The number of aldehydes is 1. The highest BCUT2D eigenvalue weighted by molar-refractivity contribution is 6.36. The van der Waals surface area contributed by atoms with E-state index in [-0.39, 0.29) is 5.91 Å². The van der Waals surface area contributed by atoms with Crippen LogP contribution in [0.4, 0.5) is 0 Å². The fraction of sp³-hybridized carbons (Fsp3) is 0.292. The van der Waals surface area contributed by atoms with Crippen LogP contribution in [-0.4, -0.2) is 41.5 Å². The maximum Gasteiger partial charge on any atom is 0.253 e. The SMILES string of the molecule is CCC(CCN(C)C(=O)c1ccc2[nH]cc(C(=O)C=O)c2c1)Cc1ccccc1. The number of hydrogen-bond donors (Lipinski definition) is 1. The van der Waals surface area contributed by atoms with Gasteiger partial charge in [0.15, 0.2) is 6.29 Å². The van der Waals surface area contributed by atoms with Crippen molar-refractivity contribution in [3.63, 3.8) is 0 Å². The summed E-state index contributed by atoms with van der Waals surface area (Å²) in [6, 6.07) is 15.6. The predicted octanol–water partition coefficient (Wildman–Crippen LogP) is 4.28. The second-order valence-corrected chi connectivity index (χ2v) is 7.42. The average molecular weight is 390 g/mol. The third-order valence-corrected chi connectivity index (χ3v) is 5.47. The van der Waals surface area contributed by atoms with Gasteiger partial charge in [-0.05, 0) is 42.5 Å². The molecule has 1 unspecified atom stereocenters. The first-order chi connectivity index (χ1) is 14.0. The first-order valence-electron chi connectivity index (χ1n) is 9.93. The summed E-state index contributed by atoms with van der Waals surface area (Å²) in [7, 11) is 1.80. The van der Waals surface area contributed by atoms with Gasteiger partial charge >= 0.3 is 0 Å². The highest BCUT2D eigenvalue weighted by atomic mass is 16.2. The van der Waals surface area contributed by atoms with Crippen LogP contribution in [-0.2, 0) is 11.2 Å². The molecule has 1 amide bonds. The number of Topliss-reactive ketones (excluding diaryl/α,β-unsaturated/α-hetero) is 1. The molecule has 0 spiro atoms. The Balaban J connectivity index is 1.67. The molecule has 0 radical (unpaired) electrons. The Hall–Kier alpha value is -3.21. The van der Waals surface area contributed by atoms with Gasteiger partial charge in [-0.15, -0.1) is 0 Å². The molecule has 1 heterocycles. The lowest BCUT2D eigenvalue weighted by Crippen LogP contribution is -2.29. The van der Waals surface area contributed by atoms with Crippen LogP contribution in [0.2, 0.25) is 0 Å². The van der Waals surface area contributed by atoms with E-state index in [0.29, 0.717) is 35.3 Å². The minimum Gasteiger partial charge on any atom is -0.360 e. The van der Waals surface area contributed by atoms with Gasteiger partial charge in [0.05, 0.1) is 5.56 Å². The molecule has 29 heavy (non-hydrogen) atoms. The summed E-state index contributed by atoms with van der Waals surface area (Å²) in [6.07, 6.45) is 4.79. The molecule has 0 aliphatic heterocycles. The van der Waals surface area contributed by atoms with Gasteiger partial charge in [0.2, 0.25) is 5.78 Å². The third kappa shape index (κ3) is 4.80. The number of fused-ring (bicyclic) bond motifs is 1. The molecule has 0 aliphatic carbocycles. The van der Waals surface area contributed by atoms with E-state index in [1.165, 1.54) is 11.8 Å². The predicted molar refractivity (Wildman–Crippen MR) is 114 cm³/mol. The smallest absolute Gasteiger partial charge is 0.253 e. The van der Waals surface area contributed by atoms with Crippen molar-refractivity contribution in [3.05, 3.63) is 71.4 Å². The van der Waals surface area contributed by atoms with Gasteiger partial charge in [-0.2, -0.15) is 0 Å². The molecule has 150 valence electrons. The number of aromatic amines is 1. The first kappa shape index (κ1) is 20.5. The Morgan fingerprint density at radius 3 is 2.59 bits per heavy atom. The Morgan fingerprint density at radius 2 is 1.90 bits per heavy atom. The molecule has 5 heteroatoms. The Bertz CT molecular complexity index is 1010. The first-order valence-corrected chi connectivity index (χ1v) is 9.93. The van der Waals surface area contributed by atoms with Gasteiger partial charge in [-0.25, -0.2) is 0 Å². The van der Waals surface area contributed by atoms with E-state index in [0.717, 1.165) is 24.8 Å². The second kappa shape index (κ2) is 9.32. The van der Waals surface area contributed by atoms with Crippen LogP contribution in [0.5, 0.6) is 0 Å². The van der Waals surface area contributed by atoms with Gasteiger partial charge in [0.25, 0.3) is 5.91 Å². The molecule has 1 N–H and O–H groups in total. The van der Waals surface area contributed by atoms with Crippen LogP contribution in [0.25, 0.3) is 10.9 Å². The molecule has 5 nitrogen and oxygen atoms in total. The molecule has 0 fully saturated rings. The van der Waals surface area contributed by atoms with Crippen LogP contribution < -0.4 is 0 Å². The fourth-order valence-electron chi connectivity index (χ4n) is 3.62. The van der Waals surface area contributed by atoms with E-state index in [1.807, 2.05) is 6.07 Å². The minimum absolute atomic E-state index is 0.0906. The zero-order chi connectivity index (χ0) is 20.8. The molecule has 3 rings (SSSR count). The van der Waals surface area contributed by atoms with Gasteiger partial charge in [0, 0.05) is 36.3 Å². The zero-order valence-electron chi connectivity index (χ0n) is 16.9. The fourth-order valence-corrected chi connectivity index (χ4v) is 3.62. The quantitative estimate of drug-likeness (QED) is 0.337. The van der Waals surface area contributed by atoms with Crippen molar-refractivity contribution in [2.75, 3.05) is 13.6 Å². The van der Waals surface area contributed by atoms with Crippen molar-refractivity contribution in [3.8, 4) is 0 Å². The maximum absolute atomic E-state index is 12.9. The molecule has 3 aromatic rings. The topological polar surface area (TPSA) is 70.2 Å². The number of ketones is 1. The number of H-pyrrole nitrogens is 1. The summed E-state index contributed by atoms with van der Waals surface area (Å²) in [6.45, 7) is 2.84. The minimum atomic E-state index is -0.596. The number of aromatic nitrogens is 1. The van der Waals surface area contributed by atoms with E-state index in [4.69, 9.17) is 0 Å². The Kier molecular flexibility index (Phi) is 6.60. The van der Waals surface area contributed by atoms with Crippen molar-refractivity contribution in [2.45, 2.75) is 26.2 Å². The van der Waals surface area contributed by atoms with Gasteiger partial charge in [0.1, 0.15) is 0 Å². The monoisotopic (exact) mass is 390 g/mol. The van der Waals surface area contributed by atoms with E-state index in [9.17, 15) is 14.4 Å². The Labute approximate surface area is 170 Å². The van der Waals surface area contributed by atoms with Gasteiger partial charge in [-0.3, -0.25) is 14.4 Å². The number of rotatable bonds is 9. The zero-order valence-corrected chi connectivity index (χ0v) is 16.9. The lowest BCUT2D eigenvalue weighted by Gasteiger charge is -2.21. The number of carbonyl (C=O) groups excluding carboxylic acids is 3. The summed E-state index contributed by atoms with van der Waals surface area (Å²) in [5.41, 5.74) is 2.85. The van der Waals surface area contributed by atoms with Crippen LogP contribution in [0.15, 0.2) is 54.7 Å². The number of nitrogens with zero attached hydrogens (tertiary/aromatic N) is 1. The molecule has 0 saturated heterocycles. The van der Waals surface area contributed by atoms with Gasteiger partial charge < -0.3 is 9.88 Å². The number of nitrogens with one attached hydrogen (secondary N) is 1. The van der Waals surface area contributed by atoms with Crippen molar-refractivity contribution in [1.82, 2.24) is 9.88 Å². The molecule has 2 aromatic carbocycles. The third-order valence-electron chi connectivity index (χ3n) is 5.47. The molecule has 0 saturated carbocycles. The Morgan fingerprint density at radius 1 is 1.14 bits per heavy atom. The largest absolute Gasteiger partial charge is 0.360 e. The maximum atomic E-state index is 12.9. The normalized spacial score (nSPS) is 11.9. The molecule has 0 bridgehead atoms. The summed E-state index contributed by atoms with van der Waals surface area (Å²) >= 11 is 0. The number of carbonyl (C=O) groups is 3. The van der Waals surface area contributed by atoms with E-state index in [2.05, 4.69) is 36.2 Å². The lowest BCUT2D eigenvalue weighted by molar-refractivity contribution is -0.104.